The van der Waals surface area contributed by atoms with Crippen LogP contribution in [0.1, 0.15) is 38.4 Å². The van der Waals surface area contributed by atoms with E-state index in [0.717, 1.165) is 17.7 Å². The number of aromatic nitrogens is 2. The second-order valence-electron chi connectivity index (χ2n) is 4.89. The summed E-state index contributed by atoms with van der Waals surface area (Å²) < 4.78 is 7.49. The molecule has 0 aliphatic heterocycles. The van der Waals surface area contributed by atoms with Gasteiger partial charge in [-0.05, 0) is 33.6 Å². The van der Waals surface area contributed by atoms with E-state index in [9.17, 15) is 0 Å². The van der Waals surface area contributed by atoms with Crippen LogP contribution in [0, 0.1) is 6.92 Å². The van der Waals surface area contributed by atoms with Gasteiger partial charge in [0.05, 0.1) is 11.3 Å². The molecule has 0 radical (unpaired) electrons. The van der Waals surface area contributed by atoms with Crippen molar-refractivity contribution in [1.82, 2.24) is 9.78 Å². The van der Waals surface area contributed by atoms with Crippen LogP contribution in [0.5, 0.6) is 0 Å². The average Bonchev–Trinajstić information content (AvgIpc) is 2.56. The van der Waals surface area contributed by atoms with Crippen molar-refractivity contribution in [2.75, 3.05) is 6.61 Å². The molecule has 0 spiro atoms. The number of halogens is 1. The normalized spacial score (nSPS) is 16.6. The summed E-state index contributed by atoms with van der Waals surface area (Å²) in [5.74, 6) is 0. The standard InChI is InChI=1S/C13H24ClN3O/c1-6-13(4,18-7-2)11(15)8-10-9(3)16-17(5)12(10)14/h11H,6-8,15H2,1-5H3. The molecule has 1 heterocycles. The SMILES string of the molecule is CCOC(C)(CC)C(N)Cc1c(C)nn(C)c1Cl. The predicted octanol–water partition coefficient (Wildman–Crippen LogP) is 2.46. The monoisotopic (exact) mass is 273 g/mol. The number of hydrogen-bond donors (Lipinski definition) is 1. The van der Waals surface area contributed by atoms with Crippen LogP contribution in [0.2, 0.25) is 5.15 Å². The maximum absolute atomic E-state index is 6.31. The molecule has 18 heavy (non-hydrogen) atoms. The smallest absolute Gasteiger partial charge is 0.130 e. The molecule has 0 saturated heterocycles. The molecule has 4 nitrogen and oxygen atoms in total. The summed E-state index contributed by atoms with van der Waals surface area (Å²) in [5.41, 5.74) is 7.95. The number of nitrogens with two attached hydrogens (primary N) is 1. The first-order chi connectivity index (χ1) is 8.35. The van der Waals surface area contributed by atoms with Gasteiger partial charge in [-0.25, -0.2) is 0 Å². The van der Waals surface area contributed by atoms with Crippen molar-refractivity contribution in [3.05, 3.63) is 16.4 Å². The molecule has 1 aromatic rings. The molecule has 104 valence electrons. The highest BCUT2D eigenvalue weighted by Crippen LogP contribution is 2.26. The van der Waals surface area contributed by atoms with E-state index in [1.54, 1.807) is 4.68 Å². The summed E-state index contributed by atoms with van der Waals surface area (Å²) in [6.45, 7) is 8.76. The highest BCUT2D eigenvalue weighted by atomic mass is 35.5. The number of ether oxygens (including phenoxy) is 1. The van der Waals surface area contributed by atoms with E-state index in [2.05, 4.69) is 18.9 Å². The molecule has 0 aliphatic carbocycles. The summed E-state index contributed by atoms with van der Waals surface area (Å²) in [7, 11) is 1.84. The molecule has 1 rings (SSSR count). The molecular formula is C13H24ClN3O. The van der Waals surface area contributed by atoms with E-state index in [-0.39, 0.29) is 11.6 Å². The van der Waals surface area contributed by atoms with Crippen molar-refractivity contribution in [1.29, 1.82) is 0 Å². The topological polar surface area (TPSA) is 53.1 Å². The minimum absolute atomic E-state index is 0.0946. The zero-order valence-electron chi connectivity index (χ0n) is 12.0. The number of rotatable bonds is 6. The Bertz CT molecular complexity index is 405. The van der Waals surface area contributed by atoms with Crippen molar-refractivity contribution in [2.24, 2.45) is 12.8 Å². The molecule has 2 N–H and O–H groups in total. The zero-order chi connectivity index (χ0) is 13.9. The van der Waals surface area contributed by atoms with Crippen molar-refractivity contribution < 1.29 is 4.74 Å². The lowest BCUT2D eigenvalue weighted by Crippen LogP contribution is -2.48. The van der Waals surface area contributed by atoms with Crippen LogP contribution in [0.3, 0.4) is 0 Å². The molecule has 2 unspecified atom stereocenters. The van der Waals surface area contributed by atoms with Gasteiger partial charge in [-0.15, -0.1) is 0 Å². The van der Waals surface area contributed by atoms with Crippen molar-refractivity contribution in [3.63, 3.8) is 0 Å². The van der Waals surface area contributed by atoms with Gasteiger partial charge in [0.1, 0.15) is 5.15 Å². The largest absolute Gasteiger partial charge is 0.374 e. The second-order valence-corrected chi connectivity index (χ2v) is 5.25. The van der Waals surface area contributed by atoms with Gasteiger partial charge >= 0.3 is 0 Å². The number of nitrogens with zero attached hydrogens (tertiary/aromatic N) is 2. The Balaban J connectivity index is 2.89. The first-order valence-electron chi connectivity index (χ1n) is 6.43. The third kappa shape index (κ3) is 3.05. The highest BCUT2D eigenvalue weighted by Gasteiger charge is 2.32. The molecular weight excluding hydrogens is 250 g/mol. The lowest BCUT2D eigenvalue weighted by Gasteiger charge is -2.34. The molecule has 1 aromatic heterocycles. The molecule has 0 aromatic carbocycles. The summed E-state index contributed by atoms with van der Waals surface area (Å²) >= 11 is 6.23. The summed E-state index contributed by atoms with van der Waals surface area (Å²) in [4.78, 5) is 0. The van der Waals surface area contributed by atoms with E-state index < -0.39 is 0 Å². The first kappa shape index (κ1) is 15.5. The van der Waals surface area contributed by atoms with Gasteiger partial charge in [0, 0.05) is 25.3 Å². The fourth-order valence-electron chi connectivity index (χ4n) is 2.14. The molecule has 0 bridgehead atoms. The number of hydrogen-bond acceptors (Lipinski definition) is 3. The average molecular weight is 274 g/mol. The van der Waals surface area contributed by atoms with Crippen LogP contribution in [-0.2, 0) is 18.2 Å². The van der Waals surface area contributed by atoms with E-state index in [1.807, 2.05) is 20.9 Å². The van der Waals surface area contributed by atoms with Crippen molar-refractivity contribution >= 4 is 11.6 Å². The van der Waals surface area contributed by atoms with E-state index in [0.29, 0.717) is 18.2 Å². The molecule has 5 heteroatoms. The molecule has 2 atom stereocenters. The Labute approximate surface area is 114 Å². The van der Waals surface area contributed by atoms with E-state index in [1.165, 1.54) is 0 Å². The summed E-state index contributed by atoms with van der Waals surface area (Å²) in [6, 6.07) is -0.0946. The molecule has 0 fully saturated rings. The lowest BCUT2D eigenvalue weighted by atomic mass is 9.89. The maximum atomic E-state index is 6.31. The predicted molar refractivity (Wildman–Crippen MR) is 75.0 cm³/mol. The highest BCUT2D eigenvalue weighted by molar-refractivity contribution is 6.30. The maximum Gasteiger partial charge on any atom is 0.130 e. The molecule has 0 aliphatic rings. The van der Waals surface area contributed by atoms with Gasteiger partial charge in [0.15, 0.2) is 0 Å². The van der Waals surface area contributed by atoms with Crippen LogP contribution in [0.4, 0.5) is 0 Å². The zero-order valence-corrected chi connectivity index (χ0v) is 12.7. The van der Waals surface area contributed by atoms with Crippen molar-refractivity contribution in [3.8, 4) is 0 Å². The minimum atomic E-state index is -0.319. The third-order valence-corrected chi connectivity index (χ3v) is 4.13. The van der Waals surface area contributed by atoms with Crippen LogP contribution < -0.4 is 5.73 Å². The second kappa shape index (κ2) is 6.04. The Morgan fingerprint density at radius 3 is 2.50 bits per heavy atom. The van der Waals surface area contributed by atoms with Gasteiger partial charge < -0.3 is 10.5 Å². The fourth-order valence-corrected chi connectivity index (χ4v) is 2.39. The van der Waals surface area contributed by atoms with Gasteiger partial charge in [-0.2, -0.15) is 5.10 Å². The lowest BCUT2D eigenvalue weighted by molar-refractivity contribution is -0.0461. The van der Waals surface area contributed by atoms with E-state index >= 15 is 0 Å². The van der Waals surface area contributed by atoms with Gasteiger partial charge in [-0.1, -0.05) is 18.5 Å². The Morgan fingerprint density at radius 2 is 2.11 bits per heavy atom. The van der Waals surface area contributed by atoms with Gasteiger partial charge in [0.25, 0.3) is 0 Å². The van der Waals surface area contributed by atoms with Crippen LogP contribution in [-0.4, -0.2) is 28.0 Å². The Hall–Kier alpha value is -0.580. The fraction of sp³-hybridized carbons (Fsp3) is 0.769. The quantitative estimate of drug-likeness (QED) is 0.866. The van der Waals surface area contributed by atoms with E-state index in [4.69, 9.17) is 22.1 Å². The summed E-state index contributed by atoms with van der Waals surface area (Å²) in [5, 5.41) is 4.97. The minimum Gasteiger partial charge on any atom is -0.374 e. The van der Waals surface area contributed by atoms with Gasteiger partial charge in [-0.3, -0.25) is 4.68 Å². The Morgan fingerprint density at radius 1 is 1.50 bits per heavy atom. The van der Waals surface area contributed by atoms with Crippen LogP contribution in [0.15, 0.2) is 0 Å². The number of aryl methyl sites for hydroxylation is 2. The molecule has 0 amide bonds. The third-order valence-electron chi connectivity index (χ3n) is 3.65. The first-order valence-corrected chi connectivity index (χ1v) is 6.81. The van der Waals surface area contributed by atoms with Gasteiger partial charge in [0.2, 0.25) is 0 Å². The van der Waals surface area contributed by atoms with Crippen LogP contribution in [0.25, 0.3) is 0 Å². The summed E-state index contributed by atoms with van der Waals surface area (Å²) in [6.07, 6.45) is 1.56. The molecule has 0 saturated carbocycles. The van der Waals surface area contributed by atoms with Crippen LogP contribution >= 0.6 is 11.6 Å². The van der Waals surface area contributed by atoms with Crippen molar-refractivity contribution in [2.45, 2.75) is 52.2 Å². The Kier molecular flexibility index (Phi) is 5.20.